The molecule has 4 nitrogen and oxygen atoms in total. The molecule has 0 bridgehead atoms. The molecule has 0 unspecified atom stereocenters. The van der Waals surface area contributed by atoms with Gasteiger partial charge in [0.1, 0.15) is 0 Å². The monoisotopic (exact) mass is 372 g/mol. The summed E-state index contributed by atoms with van der Waals surface area (Å²) in [6.07, 6.45) is 0. The first-order chi connectivity index (χ1) is 11.8. The molecule has 0 atom stereocenters. The van der Waals surface area contributed by atoms with Gasteiger partial charge >= 0.3 is 0 Å². The predicted molar refractivity (Wildman–Crippen MR) is 95.0 cm³/mol. The highest BCUT2D eigenvalue weighted by atomic mass is 32.2. The highest BCUT2D eigenvalue weighted by Gasteiger charge is 2.22. The number of aryl methyl sites for hydroxylation is 1. The smallest absolute Gasteiger partial charge is 0.206 e. The Morgan fingerprint density at radius 1 is 0.520 bits per heavy atom. The highest BCUT2D eigenvalue weighted by molar-refractivity contribution is 7.92. The first-order valence-corrected chi connectivity index (χ1v) is 10.5. The number of benzene rings is 3. The third kappa shape index (κ3) is 3.36. The van der Waals surface area contributed by atoms with Crippen molar-refractivity contribution in [1.29, 1.82) is 0 Å². The molecular weight excluding hydrogens is 356 g/mol. The molecule has 0 spiro atoms. The molecule has 0 heterocycles. The molecule has 25 heavy (non-hydrogen) atoms. The third-order valence-electron chi connectivity index (χ3n) is 3.81. The van der Waals surface area contributed by atoms with Crippen LogP contribution in [0.25, 0.3) is 0 Å². The lowest BCUT2D eigenvalue weighted by molar-refractivity contribution is 0.594. The molecule has 3 aromatic rings. The van der Waals surface area contributed by atoms with E-state index in [0.29, 0.717) is 0 Å². The lowest BCUT2D eigenvalue weighted by Gasteiger charge is -2.08. The standard InChI is InChI=1S/C19H16O4S2/c1-15-10-12-17(13-11-15)25(22,23)19-9-5-8-18(14-19)24(20,21)16-6-3-2-4-7-16/h2-14H,1H3. The van der Waals surface area contributed by atoms with E-state index in [4.69, 9.17) is 0 Å². The van der Waals surface area contributed by atoms with E-state index in [1.165, 1.54) is 48.5 Å². The summed E-state index contributed by atoms with van der Waals surface area (Å²) in [6, 6.07) is 19.8. The van der Waals surface area contributed by atoms with E-state index in [2.05, 4.69) is 0 Å². The summed E-state index contributed by atoms with van der Waals surface area (Å²) in [7, 11) is -7.56. The Morgan fingerprint density at radius 3 is 1.48 bits per heavy atom. The quantitative estimate of drug-likeness (QED) is 0.701. The Balaban J connectivity index is 2.10. The van der Waals surface area contributed by atoms with E-state index >= 15 is 0 Å². The fraction of sp³-hybridized carbons (Fsp3) is 0.0526. The summed E-state index contributed by atoms with van der Waals surface area (Å²) >= 11 is 0. The normalized spacial score (nSPS) is 12.0. The van der Waals surface area contributed by atoms with E-state index < -0.39 is 19.7 Å². The van der Waals surface area contributed by atoms with Gasteiger partial charge in [-0.05, 0) is 49.4 Å². The summed E-state index contributed by atoms with van der Waals surface area (Å²) in [6.45, 7) is 1.86. The van der Waals surface area contributed by atoms with Crippen LogP contribution >= 0.6 is 0 Å². The van der Waals surface area contributed by atoms with Gasteiger partial charge in [0.2, 0.25) is 19.7 Å². The number of rotatable bonds is 4. The second kappa shape index (κ2) is 6.46. The van der Waals surface area contributed by atoms with Crippen molar-refractivity contribution in [3.05, 3.63) is 84.4 Å². The largest absolute Gasteiger partial charge is 0.219 e. The van der Waals surface area contributed by atoms with Crippen molar-refractivity contribution in [2.75, 3.05) is 0 Å². The van der Waals surface area contributed by atoms with Crippen LogP contribution in [0.4, 0.5) is 0 Å². The second-order valence-corrected chi connectivity index (χ2v) is 9.51. The van der Waals surface area contributed by atoms with E-state index in [9.17, 15) is 16.8 Å². The van der Waals surface area contributed by atoms with Gasteiger partial charge in [-0.2, -0.15) is 0 Å². The molecule has 0 aliphatic rings. The van der Waals surface area contributed by atoms with Crippen molar-refractivity contribution in [1.82, 2.24) is 0 Å². The molecule has 0 aliphatic heterocycles. The molecule has 0 aromatic heterocycles. The first-order valence-electron chi connectivity index (χ1n) is 7.54. The average Bonchev–Trinajstić information content (AvgIpc) is 2.63. The Hall–Kier alpha value is -2.44. The van der Waals surface area contributed by atoms with Gasteiger partial charge in [0.25, 0.3) is 0 Å². The van der Waals surface area contributed by atoms with E-state index in [-0.39, 0.29) is 19.6 Å². The zero-order chi connectivity index (χ0) is 18.1. The van der Waals surface area contributed by atoms with Crippen LogP contribution in [0.2, 0.25) is 0 Å². The van der Waals surface area contributed by atoms with Crippen molar-refractivity contribution in [2.45, 2.75) is 26.5 Å². The maximum absolute atomic E-state index is 12.8. The third-order valence-corrected chi connectivity index (χ3v) is 7.35. The van der Waals surface area contributed by atoms with Gasteiger partial charge in [0, 0.05) is 0 Å². The minimum absolute atomic E-state index is 0.0478. The molecule has 3 rings (SSSR count). The maximum Gasteiger partial charge on any atom is 0.206 e. The fourth-order valence-electron chi connectivity index (χ4n) is 2.40. The SMILES string of the molecule is Cc1ccc(S(=O)(=O)c2cccc(S(=O)(=O)c3ccccc3)c2)cc1. The van der Waals surface area contributed by atoms with Crippen LogP contribution in [0.5, 0.6) is 0 Å². The van der Waals surface area contributed by atoms with Gasteiger partial charge in [0.15, 0.2) is 0 Å². The molecule has 0 aliphatic carbocycles. The lowest BCUT2D eigenvalue weighted by Crippen LogP contribution is -2.06. The second-order valence-electron chi connectivity index (χ2n) is 5.61. The van der Waals surface area contributed by atoms with Gasteiger partial charge in [-0.1, -0.05) is 42.0 Å². The topological polar surface area (TPSA) is 68.3 Å². The van der Waals surface area contributed by atoms with Crippen LogP contribution in [-0.4, -0.2) is 16.8 Å². The molecule has 0 radical (unpaired) electrons. The van der Waals surface area contributed by atoms with Crippen LogP contribution in [0.15, 0.2) is 98.4 Å². The van der Waals surface area contributed by atoms with Gasteiger partial charge in [-0.15, -0.1) is 0 Å². The number of sulfone groups is 2. The molecule has 6 heteroatoms. The Labute approximate surface area is 147 Å². The molecule has 0 amide bonds. The van der Waals surface area contributed by atoms with E-state index in [1.807, 2.05) is 6.92 Å². The van der Waals surface area contributed by atoms with Crippen molar-refractivity contribution >= 4 is 19.7 Å². The van der Waals surface area contributed by atoms with E-state index in [1.54, 1.807) is 30.3 Å². The van der Waals surface area contributed by atoms with Crippen LogP contribution in [0.3, 0.4) is 0 Å². The molecule has 0 saturated heterocycles. The van der Waals surface area contributed by atoms with E-state index in [0.717, 1.165) is 5.56 Å². The summed E-state index contributed by atoms with van der Waals surface area (Å²) in [5.74, 6) is 0. The molecular formula is C19H16O4S2. The summed E-state index contributed by atoms with van der Waals surface area (Å²) in [5.41, 5.74) is 0.944. The fourth-order valence-corrected chi connectivity index (χ4v) is 5.11. The first kappa shape index (κ1) is 17.4. The zero-order valence-electron chi connectivity index (χ0n) is 13.5. The van der Waals surface area contributed by atoms with Crippen LogP contribution in [0, 0.1) is 6.92 Å². The maximum atomic E-state index is 12.8. The predicted octanol–water partition coefficient (Wildman–Crippen LogP) is 3.66. The van der Waals surface area contributed by atoms with Crippen molar-refractivity contribution in [3.8, 4) is 0 Å². The molecule has 0 N–H and O–H groups in total. The minimum Gasteiger partial charge on any atom is -0.219 e. The number of hydrogen-bond acceptors (Lipinski definition) is 4. The van der Waals surface area contributed by atoms with Gasteiger partial charge in [0.05, 0.1) is 19.6 Å². The van der Waals surface area contributed by atoms with Crippen molar-refractivity contribution in [2.24, 2.45) is 0 Å². The lowest BCUT2D eigenvalue weighted by atomic mass is 10.2. The molecule has 128 valence electrons. The molecule has 3 aromatic carbocycles. The molecule has 0 saturated carbocycles. The molecule has 0 fully saturated rings. The minimum atomic E-state index is -3.79. The van der Waals surface area contributed by atoms with Crippen LogP contribution in [0.1, 0.15) is 5.56 Å². The van der Waals surface area contributed by atoms with Gasteiger partial charge in [-0.25, -0.2) is 16.8 Å². The number of hydrogen-bond donors (Lipinski definition) is 0. The van der Waals surface area contributed by atoms with Crippen LogP contribution < -0.4 is 0 Å². The van der Waals surface area contributed by atoms with Gasteiger partial charge in [-0.3, -0.25) is 0 Å². The van der Waals surface area contributed by atoms with Gasteiger partial charge < -0.3 is 0 Å². The average molecular weight is 372 g/mol. The summed E-state index contributed by atoms with van der Waals surface area (Å²) in [4.78, 5) is 0.160. The summed E-state index contributed by atoms with van der Waals surface area (Å²) in [5, 5.41) is 0. The Morgan fingerprint density at radius 2 is 0.960 bits per heavy atom. The highest BCUT2D eigenvalue weighted by Crippen LogP contribution is 2.26. The zero-order valence-corrected chi connectivity index (χ0v) is 15.1. The van der Waals surface area contributed by atoms with Crippen LogP contribution in [-0.2, 0) is 19.7 Å². The Kier molecular flexibility index (Phi) is 4.49. The Bertz CT molecular complexity index is 1100. The van der Waals surface area contributed by atoms with Crippen molar-refractivity contribution in [3.63, 3.8) is 0 Å². The van der Waals surface area contributed by atoms with Crippen molar-refractivity contribution < 1.29 is 16.8 Å². The summed E-state index contributed by atoms with van der Waals surface area (Å²) < 4.78 is 50.9.